The van der Waals surface area contributed by atoms with Crippen molar-refractivity contribution in [3.63, 3.8) is 0 Å². The summed E-state index contributed by atoms with van der Waals surface area (Å²) in [5.41, 5.74) is 9.30. The molecule has 0 unspecified atom stereocenters. The molecule has 2 nitrogen and oxygen atoms in total. The maximum Gasteiger partial charge on any atom is 0.0569 e. The molecule has 1 heterocycles. The molecule has 1 atom stereocenters. The highest BCUT2D eigenvalue weighted by molar-refractivity contribution is 7.99. The number of nitrogens with zero attached hydrogens (tertiary/aromatic N) is 1. The Morgan fingerprint density at radius 2 is 1.94 bits per heavy atom. The summed E-state index contributed by atoms with van der Waals surface area (Å²) in [4.78, 5) is 6.81. The molecule has 0 radical (unpaired) electrons. The van der Waals surface area contributed by atoms with Gasteiger partial charge >= 0.3 is 0 Å². The fraction of sp³-hybridized carbons (Fsp3) is 0.267. The van der Waals surface area contributed by atoms with E-state index >= 15 is 0 Å². The van der Waals surface area contributed by atoms with E-state index in [1.807, 2.05) is 19.2 Å². The summed E-state index contributed by atoms with van der Waals surface area (Å²) in [5.74, 6) is 0. The van der Waals surface area contributed by atoms with Gasteiger partial charge in [-0.2, -0.15) is 0 Å². The van der Waals surface area contributed by atoms with E-state index in [0.717, 1.165) is 10.6 Å². The molecular weight excluding hydrogens is 240 g/mol. The Hall–Kier alpha value is -1.32. The average Bonchev–Trinajstić information content (AvgIpc) is 2.34. The fourth-order valence-electron chi connectivity index (χ4n) is 1.67. The van der Waals surface area contributed by atoms with Gasteiger partial charge in [-0.25, -0.2) is 0 Å². The fourth-order valence-corrected chi connectivity index (χ4v) is 2.63. The topological polar surface area (TPSA) is 38.9 Å². The predicted octanol–water partition coefficient (Wildman–Crippen LogP) is 3.87. The molecule has 0 saturated heterocycles. The van der Waals surface area contributed by atoms with Gasteiger partial charge in [-0.05, 0) is 50.1 Å². The molecule has 94 valence electrons. The minimum atomic E-state index is -0.00949. The van der Waals surface area contributed by atoms with Gasteiger partial charge in [0.05, 0.1) is 5.69 Å². The Labute approximate surface area is 113 Å². The minimum absolute atomic E-state index is 0.00949. The first-order valence-corrected chi connectivity index (χ1v) is 6.84. The largest absolute Gasteiger partial charge is 0.323 e. The third-order valence-electron chi connectivity index (χ3n) is 2.80. The number of benzene rings is 1. The molecule has 0 aliphatic heterocycles. The number of rotatable bonds is 3. The highest BCUT2D eigenvalue weighted by atomic mass is 32.2. The maximum absolute atomic E-state index is 5.79. The Morgan fingerprint density at radius 1 is 1.17 bits per heavy atom. The van der Waals surface area contributed by atoms with Crippen molar-refractivity contribution in [2.45, 2.75) is 36.6 Å². The zero-order valence-electron chi connectivity index (χ0n) is 11.0. The van der Waals surface area contributed by atoms with Crippen molar-refractivity contribution >= 4 is 11.8 Å². The van der Waals surface area contributed by atoms with E-state index in [9.17, 15) is 0 Å². The van der Waals surface area contributed by atoms with Crippen LogP contribution in [0.25, 0.3) is 0 Å². The van der Waals surface area contributed by atoms with Crippen LogP contribution in [0.3, 0.4) is 0 Å². The maximum atomic E-state index is 5.79. The normalized spacial score (nSPS) is 12.4. The molecule has 0 bridgehead atoms. The van der Waals surface area contributed by atoms with Gasteiger partial charge in [0.2, 0.25) is 0 Å². The Balaban J connectivity index is 2.21. The predicted molar refractivity (Wildman–Crippen MR) is 76.9 cm³/mol. The highest BCUT2D eigenvalue weighted by Gasteiger charge is 2.04. The minimum Gasteiger partial charge on any atom is -0.323 e. The van der Waals surface area contributed by atoms with Crippen LogP contribution in [0.15, 0.2) is 46.3 Å². The third-order valence-corrected chi connectivity index (χ3v) is 3.93. The van der Waals surface area contributed by atoms with Gasteiger partial charge in [-0.3, -0.25) is 4.98 Å². The van der Waals surface area contributed by atoms with Crippen LogP contribution in [0.1, 0.15) is 29.8 Å². The summed E-state index contributed by atoms with van der Waals surface area (Å²) < 4.78 is 0. The van der Waals surface area contributed by atoms with Crippen LogP contribution in [0, 0.1) is 13.8 Å². The van der Waals surface area contributed by atoms with E-state index in [4.69, 9.17) is 5.73 Å². The summed E-state index contributed by atoms with van der Waals surface area (Å²) in [6.07, 6.45) is 1.89. The lowest BCUT2D eigenvalue weighted by molar-refractivity contribution is 0.777. The number of pyridine rings is 1. The molecule has 0 fully saturated rings. The monoisotopic (exact) mass is 258 g/mol. The summed E-state index contributed by atoms with van der Waals surface area (Å²) in [6, 6.07) is 10.6. The second-order valence-electron chi connectivity index (χ2n) is 4.58. The molecule has 0 spiro atoms. The van der Waals surface area contributed by atoms with Gasteiger partial charge in [0, 0.05) is 22.0 Å². The number of hydrogen-bond acceptors (Lipinski definition) is 3. The number of hydrogen-bond donors (Lipinski definition) is 1. The summed E-state index contributed by atoms with van der Waals surface area (Å²) in [5, 5.41) is 0. The van der Waals surface area contributed by atoms with Crippen molar-refractivity contribution in [3.05, 3.63) is 53.3 Å². The second kappa shape index (κ2) is 5.55. The first kappa shape index (κ1) is 13.1. The molecule has 0 amide bonds. The van der Waals surface area contributed by atoms with E-state index in [-0.39, 0.29) is 6.04 Å². The lowest BCUT2D eigenvalue weighted by Crippen LogP contribution is -2.06. The van der Waals surface area contributed by atoms with Crippen LogP contribution in [-0.4, -0.2) is 4.98 Å². The molecule has 1 aromatic heterocycles. The number of aryl methyl sites for hydroxylation is 2. The van der Waals surface area contributed by atoms with Crippen LogP contribution in [0.5, 0.6) is 0 Å². The van der Waals surface area contributed by atoms with E-state index in [1.54, 1.807) is 11.8 Å². The van der Waals surface area contributed by atoms with Gasteiger partial charge < -0.3 is 5.73 Å². The van der Waals surface area contributed by atoms with Crippen molar-refractivity contribution in [2.75, 3.05) is 0 Å². The van der Waals surface area contributed by atoms with E-state index in [1.165, 1.54) is 16.0 Å². The molecule has 3 heteroatoms. The van der Waals surface area contributed by atoms with Crippen LogP contribution in [-0.2, 0) is 0 Å². The zero-order chi connectivity index (χ0) is 13.1. The molecule has 0 saturated carbocycles. The van der Waals surface area contributed by atoms with Gasteiger partial charge in [0.25, 0.3) is 0 Å². The van der Waals surface area contributed by atoms with Gasteiger partial charge in [0.1, 0.15) is 0 Å². The second-order valence-corrected chi connectivity index (χ2v) is 5.69. The molecular formula is C15H18N2S. The molecule has 0 aliphatic rings. The first-order chi connectivity index (χ1) is 8.56. The number of nitrogens with two attached hydrogens (primary N) is 1. The van der Waals surface area contributed by atoms with Crippen LogP contribution >= 0.6 is 11.8 Å². The quantitative estimate of drug-likeness (QED) is 0.908. The summed E-state index contributed by atoms with van der Waals surface area (Å²) >= 11 is 1.75. The average molecular weight is 258 g/mol. The Morgan fingerprint density at radius 3 is 2.56 bits per heavy atom. The molecule has 0 aliphatic carbocycles. The zero-order valence-corrected chi connectivity index (χ0v) is 11.8. The van der Waals surface area contributed by atoms with Gasteiger partial charge in [0.15, 0.2) is 0 Å². The SMILES string of the molecule is Cc1ccc(C)c(Sc2ccc([C@H](C)N)nc2)c1. The molecule has 2 rings (SSSR count). The molecule has 2 N–H and O–H groups in total. The Bertz CT molecular complexity index is 533. The van der Waals surface area contributed by atoms with Gasteiger partial charge in [-0.1, -0.05) is 23.9 Å². The number of aromatic nitrogens is 1. The van der Waals surface area contributed by atoms with Crippen molar-refractivity contribution in [1.82, 2.24) is 4.98 Å². The van der Waals surface area contributed by atoms with Gasteiger partial charge in [-0.15, -0.1) is 0 Å². The van der Waals surface area contributed by atoms with Crippen LogP contribution in [0.4, 0.5) is 0 Å². The lowest BCUT2D eigenvalue weighted by atomic mass is 10.2. The van der Waals surface area contributed by atoms with Crippen molar-refractivity contribution in [2.24, 2.45) is 5.73 Å². The standard InChI is InChI=1S/C15H18N2S/c1-10-4-5-11(2)15(8-10)18-13-6-7-14(12(3)16)17-9-13/h4-9,12H,16H2,1-3H3/t12-/m0/s1. The Kier molecular flexibility index (Phi) is 4.04. The molecule has 18 heavy (non-hydrogen) atoms. The molecule has 2 aromatic rings. The van der Waals surface area contributed by atoms with E-state index in [0.29, 0.717) is 0 Å². The van der Waals surface area contributed by atoms with Crippen LogP contribution < -0.4 is 5.73 Å². The smallest absolute Gasteiger partial charge is 0.0569 e. The van der Waals surface area contributed by atoms with E-state index < -0.39 is 0 Å². The van der Waals surface area contributed by atoms with E-state index in [2.05, 4.69) is 43.1 Å². The molecule has 1 aromatic carbocycles. The third kappa shape index (κ3) is 3.12. The summed E-state index contributed by atoms with van der Waals surface area (Å²) in [6.45, 7) is 6.19. The summed E-state index contributed by atoms with van der Waals surface area (Å²) in [7, 11) is 0. The van der Waals surface area contributed by atoms with Crippen molar-refractivity contribution in [3.8, 4) is 0 Å². The van der Waals surface area contributed by atoms with Crippen LogP contribution in [0.2, 0.25) is 0 Å². The first-order valence-electron chi connectivity index (χ1n) is 6.03. The van der Waals surface area contributed by atoms with Crippen molar-refractivity contribution in [1.29, 1.82) is 0 Å². The lowest BCUT2D eigenvalue weighted by Gasteiger charge is -2.08. The van der Waals surface area contributed by atoms with Crippen molar-refractivity contribution < 1.29 is 0 Å². The highest BCUT2D eigenvalue weighted by Crippen LogP contribution is 2.30.